The molecule has 1 unspecified atom stereocenters. The van der Waals surface area contributed by atoms with E-state index in [0.717, 1.165) is 15.8 Å². The van der Waals surface area contributed by atoms with E-state index in [1.54, 1.807) is 0 Å². The maximum Gasteiger partial charge on any atom is 0.363 e. The minimum atomic E-state index is -0.665. The van der Waals surface area contributed by atoms with Crippen LogP contribution in [0.5, 0.6) is 0 Å². The van der Waals surface area contributed by atoms with Crippen LogP contribution >= 0.6 is 23.5 Å². The van der Waals surface area contributed by atoms with Gasteiger partial charge in [-0.05, 0) is 29.3 Å². The molecule has 0 bridgehead atoms. The summed E-state index contributed by atoms with van der Waals surface area (Å²) in [6, 6.07) is 0. The molecule has 1 aliphatic heterocycles. The number of nitrogens with zero attached hydrogens (tertiary/aromatic N) is 3. The van der Waals surface area contributed by atoms with Gasteiger partial charge in [0, 0.05) is 6.42 Å². The Balaban J connectivity index is 2.00. The van der Waals surface area contributed by atoms with Gasteiger partial charge in [0.15, 0.2) is 10.7 Å². The maximum atomic E-state index is 9.89. The molecule has 3 rings (SSSR count). The summed E-state index contributed by atoms with van der Waals surface area (Å²) in [5.41, 5.74) is 1.49. The third-order valence-corrected chi connectivity index (χ3v) is 4.70. The van der Waals surface area contributed by atoms with Crippen LogP contribution in [-0.4, -0.2) is 56.5 Å². The molecule has 1 aliphatic rings. The van der Waals surface area contributed by atoms with Gasteiger partial charge in [0.25, 0.3) is 5.65 Å². The summed E-state index contributed by atoms with van der Waals surface area (Å²) >= 11 is 3.01. The van der Waals surface area contributed by atoms with Gasteiger partial charge >= 0.3 is 5.16 Å². The number of fused-ring (bicyclic) bond motifs is 1. The van der Waals surface area contributed by atoms with E-state index in [0.29, 0.717) is 12.1 Å². The number of aliphatic hydroxyl groups excluding tert-OH is 2. The fourth-order valence-corrected chi connectivity index (χ4v) is 3.33. The molecule has 1 fully saturated rings. The Bertz CT molecular complexity index is 651. The van der Waals surface area contributed by atoms with E-state index in [9.17, 15) is 10.2 Å². The van der Waals surface area contributed by atoms with Crippen LogP contribution in [0.25, 0.3) is 11.2 Å². The Morgan fingerprint density at radius 2 is 2.24 bits per heavy atom. The van der Waals surface area contributed by atoms with Crippen LogP contribution in [0.2, 0.25) is 0 Å². The lowest BCUT2D eigenvalue weighted by Crippen LogP contribution is -2.42. The smallest absolute Gasteiger partial charge is 0.363 e. The van der Waals surface area contributed by atoms with Crippen molar-refractivity contribution in [3.8, 4) is 0 Å². The zero-order chi connectivity index (χ0) is 15.0. The molecular weight excluding hydrogens is 312 g/mol. The van der Waals surface area contributed by atoms with Gasteiger partial charge < -0.3 is 19.9 Å². The molecule has 9 heteroatoms. The SMILES string of the molecule is CSc1nc2nc(SC)[n+](C3C[C@H](O)[C@@H](CO)O3)cc2[nH]1. The third kappa shape index (κ3) is 2.76. The second-order valence-electron chi connectivity index (χ2n) is 4.73. The third-order valence-electron chi connectivity index (χ3n) is 3.45. The number of rotatable bonds is 4. The molecule has 2 aromatic rings. The number of hydrogen-bond donors (Lipinski definition) is 3. The number of thioether (sulfide) groups is 2. The Kier molecular flexibility index (Phi) is 4.36. The minimum absolute atomic E-state index is 0.191. The number of hydrogen-bond acceptors (Lipinski definition) is 7. The molecule has 3 atom stereocenters. The lowest BCUT2D eigenvalue weighted by atomic mass is 10.2. The van der Waals surface area contributed by atoms with Crippen LogP contribution in [0.1, 0.15) is 12.6 Å². The maximum absolute atomic E-state index is 9.89. The lowest BCUT2D eigenvalue weighted by Gasteiger charge is -2.11. The van der Waals surface area contributed by atoms with Crippen LogP contribution < -0.4 is 4.57 Å². The molecule has 114 valence electrons. The Labute approximate surface area is 130 Å². The number of aromatic amines is 1. The topological polar surface area (TPSA) is 95.1 Å². The predicted octanol–water partition coefficient (Wildman–Crippen LogP) is 0.330. The summed E-state index contributed by atoms with van der Waals surface area (Å²) in [5.74, 6) is 0. The van der Waals surface area contributed by atoms with E-state index in [4.69, 9.17) is 4.74 Å². The summed E-state index contributed by atoms with van der Waals surface area (Å²) in [4.78, 5) is 12.1. The molecule has 7 nitrogen and oxygen atoms in total. The zero-order valence-electron chi connectivity index (χ0n) is 11.7. The summed E-state index contributed by atoms with van der Waals surface area (Å²) in [6.07, 6.45) is 4.67. The molecule has 3 heterocycles. The van der Waals surface area contributed by atoms with Crippen LogP contribution in [0.4, 0.5) is 0 Å². The quantitative estimate of drug-likeness (QED) is 0.423. The zero-order valence-corrected chi connectivity index (χ0v) is 13.3. The Morgan fingerprint density at radius 3 is 2.86 bits per heavy atom. The van der Waals surface area contributed by atoms with E-state index in [-0.39, 0.29) is 12.8 Å². The molecule has 21 heavy (non-hydrogen) atoms. The van der Waals surface area contributed by atoms with Gasteiger partial charge in [0.1, 0.15) is 12.3 Å². The fourth-order valence-electron chi connectivity index (χ4n) is 2.38. The number of imidazole rings is 1. The molecule has 0 aliphatic carbocycles. The monoisotopic (exact) mass is 329 g/mol. The van der Waals surface area contributed by atoms with Gasteiger partial charge in [-0.1, -0.05) is 11.8 Å². The molecule has 0 amide bonds. The number of aromatic nitrogens is 4. The number of nitrogens with one attached hydrogen (secondary N) is 1. The van der Waals surface area contributed by atoms with Gasteiger partial charge in [-0.15, -0.1) is 0 Å². The standard InChI is InChI=1S/C12H16N4O3S2/c1-20-11-13-6-4-16(12(21-2)15-10(6)14-11)9-3-7(18)8(5-17)19-9/h4,7-9,17-18H,3,5H2,1-2H3/p+1/t7-,8+,9?/m0/s1. The number of ether oxygens (including phenoxy) is 1. The second kappa shape index (κ2) is 6.09. The first-order valence-electron chi connectivity index (χ1n) is 6.50. The highest BCUT2D eigenvalue weighted by molar-refractivity contribution is 7.98. The van der Waals surface area contributed by atoms with Crippen LogP contribution in [0, 0.1) is 0 Å². The van der Waals surface area contributed by atoms with E-state index in [2.05, 4.69) is 15.0 Å². The second-order valence-corrected chi connectivity index (χ2v) is 6.30. The van der Waals surface area contributed by atoms with E-state index < -0.39 is 12.2 Å². The average Bonchev–Trinajstić information content (AvgIpc) is 3.07. The van der Waals surface area contributed by atoms with E-state index in [1.807, 2.05) is 23.3 Å². The molecular formula is C12H17N4O3S2+. The summed E-state index contributed by atoms with van der Waals surface area (Å²) in [6.45, 7) is -0.191. The first-order chi connectivity index (χ1) is 10.2. The molecule has 2 aromatic heterocycles. The van der Waals surface area contributed by atoms with Crippen LogP contribution in [0.3, 0.4) is 0 Å². The normalized spacial score (nSPS) is 25.8. The van der Waals surface area contributed by atoms with Gasteiger partial charge in [0.05, 0.1) is 12.7 Å². The number of aliphatic hydroxyl groups is 2. The van der Waals surface area contributed by atoms with Crippen molar-refractivity contribution in [3.05, 3.63) is 6.20 Å². The van der Waals surface area contributed by atoms with Gasteiger partial charge in [-0.25, -0.2) is 0 Å². The van der Waals surface area contributed by atoms with Gasteiger partial charge in [-0.3, -0.25) is 0 Å². The van der Waals surface area contributed by atoms with Crippen molar-refractivity contribution in [2.75, 3.05) is 19.1 Å². The largest absolute Gasteiger partial charge is 0.394 e. The highest BCUT2D eigenvalue weighted by Gasteiger charge is 2.39. The van der Waals surface area contributed by atoms with E-state index >= 15 is 0 Å². The first-order valence-corrected chi connectivity index (χ1v) is 8.95. The number of H-pyrrole nitrogens is 1. The van der Waals surface area contributed by atoms with Crippen molar-refractivity contribution in [1.29, 1.82) is 0 Å². The fraction of sp³-hybridized carbons (Fsp3) is 0.583. The summed E-state index contributed by atoms with van der Waals surface area (Å²) in [5, 5.41) is 20.7. The van der Waals surface area contributed by atoms with Crippen molar-refractivity contribution < 1.29 is 19.5 Å². The average molecular weight is 329 g/mol. The van der Waals surface area contributed by atoms with Crippen molar-refractivity contribution in [1.82, 2.24) is 15.0 Å². The minimum Gasteiger partial charge on any atom is -0.394 e. The van der Waals surface area contributed by atoms with Crippen LogP contribution in [-0.2, 0) is 4.74 Å². The molecule has 3 N–H and O–H groups in total. The first kappa shape index (κ1) is 15.0. The molecule has 0 spiro atoms. The molecule has 0 saturated carbocycles. The molecule has 1 saturated heterocycles. The van der Waals surface area contributed by atoms with Gasteiger partial charge in [0.2, 0.25) is 6.23 Å². The Morgan fingerprint density at radius 1 is 1.43 bits per heavy atom. The predicted molar refractivity (Wildman–Crippen MR) is 79.3 cm³/mol. The molecule has 0 radical (unpaired) electrons. The van der Waals surface area contributed by atoms with Gasteiger partial charge in [-0.2, -0.15) is 9.55 Å². The van der Waals surface area contributed by atoms with Crippen molar-refractivity contribution >= 4 is 34.7 Å². The lowest BCUT2D eigenvalue weighted by molar-refractivity contribution is -0.793. The summed E-state index contributed by atoms with van der Waals surface area (Å²) in [7, 11) is 0. The summed E-state index contributed by atoms with van der Waals surface area (Å²) < 4.78 is 7.59. The van der Waals surface area contributed by atoms with Crippen molar-refractivity contribution in [3.63, 3.8) is 0 Å². The molecule has 0 aromatic carbocycles. The highest BCUT2D eigenvalue weighted by atomic mass is 32.2. The Hall–Kier alpha value is -0.870. The van der Waals surface area contributed by atoms with Crippen molar-refractivity contribution in [2.45, 2.75) is 35.2 Å². The van der Waals surface area contributed by atoms with Crippen LogP contribution in [0.15, 0.2) is 16.5 Å². The van der Waals surface area contributed by atoms with Crippen molar-refractivity contribution in [2.24, 2.45) is 0 Å². The highest BCUT2D eigenvalue weighted by Crippen LogP contribution is 2.27. The van der Waals surface area contributed by atoms with E-state index in [1.165, 1.54) is 23.5 Å².